The van der Waals surface area contributed by atoms with E-state index < -0.39 is 0 Å². The van der Waals surface area contributed by atoms with Gasteiger partial charge in [-0.3, -0.25) is 15.6 Å². The van der Waals surface area contributed by atoms with Crippen LogP contribution < -0.4 is 30.4 Å². The van der Waals surface area contributed by atoms with E-state index in [1.165, 1.54) is 0 Å². The molecule has 2 aromatic rings. The average Bonchev–Trinajstić information content (AvgIpc) is 3.07. The summed E-state index contributed by atoms with van der Waals surface area (Å²) in [5.41, 5.74) is 6.33. The molecule has 0 aliphatic carbocycles. The molecule has 124 valence electrons. The molecule has 1 aliphatic rings. The number of thiocarbonyl (C=S) groups is 1. The monoisotopic (exact) mass is 345 g/mol. The molecule has 0 saturated heterocycles. The lowest BCUT2D eigenvalue weighted by molar-refractivity contribution is 0.0943. The highest BCUT2D eigenvalue weighted by Gasteiger charge is 2.16. The molecular formula is C16H15N3O4S. The van der Waals surface area contributed by atoms with Gasteiger partial charge in [0.1, 0.15) is 5.75 Å². The quantitative estimate of drug-likeness (QED) is 0.580. The van der Waals surface area contributed by atoms with E-state index in [1.807, 2.05) is 18.2 Å². The van der Waals surface area contributed by atoms with Gasteiger partial charge in [-0.2, -0.15) is 0 Å². The predicted octanol–water partition coefficient (Wildman–Crippen LogP) is 2.06. The molecule has 1 heterocycles. The third-order valence-electron chi connectivity index (χ3n) is 3.25. The molecule has 24 heavy (non-hydrogen) atoms. The second kappa shape index (κ2) is 7.05. The van der Waals surface area contributed by atoms with Crippen molar-refractivity contribution in [2.24, 2.45) is 0 Å². The van der Waals surface area contributed by atoms with Crippen molar-refractivity contribution in [1.29, 1.82) is 0 Å². The standard InChI is InChI=1S/C16H15N3O4S/c1-21-12-4-2-3-11(8-12)17-16(24)19-18-15(20)10-5-6-13-14(7-10)23-9-22-13/h2-8H,9H2,1H3,(H,18,20)(H2,17,19,24). The minimum Gasteiger partial charge on any atom is -0.497 e. The van der Waals surface area contributed by atoms with E-state index in [4.69, 9.17) is 26.4 Å². The first-order chi connectivity index (χ1) is 11.7. The summed E-state index contributed by atoms with van der Waals surface area (Å²) in [5.74, 6) is 1.52. The molecule has 0 aromatic heterocycles. The Hall–Kier alpha value is -3.00. The number of ether oxygens (including phenoxy) is 3. The van der Waals surface area contributed by atoms with Gasteiger partial charge < -0.3 is 19.5 Å². The first-order valence-electron chi connectivity index (χ1n) is 7.07. The molecular weight excluding hydrogens is 330 g/mol. The number of anilines is 1. The lowest BCUT2D eigenvalue weighted by Gasteiger charge is -2.12. The van der Waals surface area contributed by atoms with Gasteiger partial charge in [0.2, 0.25) is 6.79 Å². The predicted molar refractivity (Wildman–Crippen MR) is 92.4 cm³/mol. The SMILES string of the molecule is COc1cccc(NC(=S)NNC(=O)c2ccc3c(c2)OCO3)c1. The summed E-state index contributed by atoms with van der Waals surface area (Å²) in [4.78, 5) is 12.1. The summed E-state index contributed by atoms with van der Waals surface area (Å²) in [5, 5.41) is 3.19. The first kappa shape index (κ1) is 15.9. The van der Waals surface area contributed by atoms with Crippen LogP contribution in [-0.4, -0.2) is 24.9 Å². The van der Waals surface area contributed by atoms with Crippen LogP contribution in [0.3, 0.4) is 0 Å². The van der Waals surface area contributed by atoms with E-state index in [1.54, 1.807) is 31.4 Å². The molecule has 2 aromatic carbocycles. The van der Waals surface area contributed by atoms with E-state index in [9.17, 15) is 4.79 Å². The van der Waals surface area contributed by atoms with Crippen LogP contribution in [-0.2, 0) is 0 Å². The smallest absolute Gasteiger partial charge is 0.269 e. The summed E-state index contributed by atoms with van der Waals surface area (Å²) in [6.45, 7) is 0.160. The van der Waals surface area contributed by atoms with Crippen LogP contribution in [0, 0.1) is 0 Å². The molecule has 0 bridgehead atoms. The number of hydrazine groups is 1. The van der Waals surface area contributed by atoms with Gasteiger partial charge >= 0.3 is 0 Å². The number of hydrogen-bond acceptors (Lipinski definition) is 5. The summed E-state index contributed by atoms with van der Waals surface area (Å²) in [6, 6.07) is 12.2. The number of methoxy groups -OCH3 is 1. The molecule has 0 radical (unpaired) electrons. The topological polar surface area (TPSA) is 80.9 Å². The number of benzene rings is 2. The van der Waals surface area contributed by atoms with Crippen molar-refractivity contribution >= 4 is 28.9 Å². The summed E-state index contributed by atoms with van der Waals surface area (Å²) < 4.78 is 15.6. The van der Waals surface area contributed by atoms with Crippen molar-refractivity contribution in [1.82, 2.24) is 10.9 Å². The van der Waals surface area contributed by atoms with E-state index >= 15 is 0 Å². The maximum absolute atomic E-state index is 12.1. The Kier molecular flexibility index (Phi) is 4.66. The van der Waals surface area contributed by atoms with Gasteiger partial charge in [-0.1, -0.05) is 6.07 Å². The normalized spacial score (nSPS) is 11.5. The summed E-state index contributed by atoms with van der Waals surface area (Å²) in [6.07, 6.45) is 0. The van der Waals surface area contributed by atoms with E-state index in [0.717, 1.165) is 5.69 Å². The van der Waals surface area contributed by atoms with Crippen molar-refractivity contribution in [3.8, 4) is 17.2 Å². The van der Waals surface area contributed by atoms with Gasteiger partial charge in [0.05, 0.1) is 7.11 Å². The van der Waals surface area contributed by atoms with Crippen LogP contribution in [0.25, 0.3) is 0 Å². The molecule has 0 spiro atoms. The fourth-order valence-corrected chi connectivity index (χ4v) is 2.26. The molecule has 8 heteroatoms. The van der Waals surface area contributed by atoms with Gasteiger partial charge in [0.15, 0.2) is 16.6 Å². The molecule has 0 atom stereocenters. The van der Waals surface area contributed by atoms with E-state index in [0.29, 0.717) is 22.8 Å². The Labute approximate surface area is 143 Å². The highest BCUT2D eigenvalue weighted by molar-refractivity contribution is 7.80. The number of carbonyl (C=O) groups excluding carboxylic acids is 1. The maximum atomic E-state index is 12.1. The second-order valence-corrected chi connectivity index (χ2v) is 5.24. The van der Waals surface area contributed by atoms with E-state index in [-0.39, 0.29) is 17.8 Å². The van der Waals surface area contributed by atoms with Crippen molar-refractivity contribution in [2.75, 3.05) is 19.2 Å². The van der Waals surface area contributed by atoms with Crippen LogP contribution in [0.5, 0.6) is 17.2 Å². The molecule has 0 unspecified atom stereocenters. The van der Waals surface area contributed by atoms with Crippen LogP contribution in [0.4, 0.5) is 5.69 Å². The third kappa shape index (κ3) is 3.66. The Morgan fingerprint density at radius 3 is 2.79 bits per heavy atom. The molecule has 7 nitrogen and oxygen atoms in total. The number of hydrogen-bond donors (Lipinski definition) is 3. The number of nitrogens with one attached hydrogen (secondary N) is 3. The third-order valence-corrected chi connectivity index (χ3v) is 3.46. The molecule has 0 fully saturated rings. The zero-order valence-corrected chi connectivity index (χ0v) is 13.6. The Morgan fingerprint density at radius 1 is 1.12 bits per heavy atom. The van der Waals surface area contributed by atoms with Crippen molar-refractivity contribution < 1.29 is 19.0 Å². The Balaban J connectivity index is 1.54. The molecule has 3 N–H and O–H groups in total. The fourth-order valence-electron chi connectivity index (χ4n) is 2.09. The van der Waals surface area contributed by atoms with Crippen LogP contribution in [0.1, 0.15) is 10.4 Å². The van der Waals surface area contributed by atoms with Gasteiger partial charge in [0, 0.05) is 17.3 Å². The van der Waals surface area contributed by atoms with Gasteiger partial charge in [-0.15, -0.1) is 0 Å². The lowest BCUT2D eigenvalue weighted by atomic mass is 10.2. The molecule has 1 amide bonds. The maximum Gasteiger partial charge on any atom is 0.269 e. The first-order valence-corrected chi connectivity index (χ1v) is 7.47. The van der Waals surface area contributed by atoms with Crippen molar-refractivity contribution in [2.45, 2.75) is 0 Å². The lowest BCUT2D eigenvalue weighted by Crippen LogP contribution is -2.43. The summed E-state index contributed by atoms with van der Waals surface area (Å²) in [7, 11) is 1.58. The molecule has 0 saturated carbocycles. The zero-order chi connectivity index (χ0) is 16.9. The highest BCUT2D eigenvalue weighted by Crippen LogP contribution is 2.32. The van der Waals surface area contributed by atoms with Crippen molar-refractivity contribution in [3.05, 3.63) is 48.0 Å². The highest BCUT2D eigenvalue weighted by atomic mass is 32.1. The Morgan fingerprint density at radius 2 is 1.96 bits per heavy atom. The number of fused-ring (bicyclic) bond motifs is 1. The largest absolute Gasteiger partial charge is 0.497 e. The Bertz CT molecular complexity index is 782. The van der Waals surface area contributed by atoms with Crippen LogP contribution in [0.15, 0.2) is 42.5 Å². The summed E-state index contributed by atoms with van der Waals surface area (Å²) >= 11 is 5.14. The molecule has 3 rings (SSSR count). The van der Waals surface area contributed by atoms with Crippen LogP contribution in [0.2, 0.25) is 0 Å². The minimum absolute atomic E-state index is 0.160. The average molecular weight is 345 g/mol. The van der Waals surface area contributed by atoms with Gasteiger partial charge in [0.25, 0.3) is 5.91 Å². The molecule has 1 aliphatic heterocycles. The van der Waals surface area contributed by atoms with Gasteiger partial charge in [-0.05, 0) is 42.5 Å². The van der Waals surface area contributed by atoms with Crippen LogP contribution >= 0.6 is 12.2 Å². The van der Waals surface area contributed by atoms with E-state index in [2.05, 4.69) is 16.2 Å². The minimum atomic E-state index is -0.344. The number of carbonyl (C=O) groups is 1. The number of rotatable bonds is 3. The zero-order valence-electron chi connectivity index (χ0n) is 12.8. The van der Waals surface area contributed by atoms with Crippen molar-refractivity contribution in [3.63, 3.8) is 0 Å². The number of amides is 1. The second-order valence-electron chi connectivity index (χ2n) is 4.83. The fraction of sp³-hybridized carbons (Fsp3) is 0.125. The van der Waals surface area contributed by atoms with Gasteiger partial charge in [-0.25, -0.2) is 0 Å².